The lowest BCUT2D eigenvalue weighted by Crippen LogP contribution is -2.30. The SMILES string of the molecule is CCCCCCCCCCCCCCCCCCCCC(=O)O[C@@H](COC(=O)CCCCCCCCCCCCCCCCC(C)C)COC(=O)CCCCCCCCCCCCCCCCC(C)CC. The number of rotatable bonds is 59. The van der Waals surface area contributed by atoms with E-state index in [9.17, 15) is 14.4 Å². The van der Waals surface area contributed by atoms with Crippen LogP contribution in [0.5, 0.6) is 0 Å². The van der Waals surface area contributed by atoms with Crippen molar-refractivity contribution in [2.45, 2.75) is 375 Å². The zero-order valence-corrected chi connectivity index (χ0v) is 48.9. The second kappa shape index (κ2) is 57.7. The van der Waals surface area contributed by atoms with Crippen LogP contribution < -0.4 is 0 Å². The largest absolute Gasteiger partial charge is 0.462 e. The van der Waals surface area contributed by atoms with E-state index in [2.05, 4.69) is 34.6 Å². The minimum Gasteiger partial charge on any atom is -0.462 e. The predicted molar refractivity (Wildman–Crippen MR) is 307 cm³/mol. The third-order valence-electron chi connectivity index (χ3n) is 15.3. The smallest absolute Gasteiger partial charge is 0.306 e. The molecule has 0 heterocycles. The Morgan fingerprint density at radius 3 is 0.803 bits per heavy atom. The summed E-state index contributed by atoms with van der Waals surface area (Å²) in [7, 11) is 0. The van der Waals surface area contributed by atoms with E-state index < -0.39 is 6.10 Å². The van der Waals surface area contributed by atoms with Crippen LogP contribution in [0.4, 0.5) is 0 Å². The highest BCUT2D eigenvalue weighted by molar-refractivity contribution is 5.71. The number of ether oxygens (including phenoxy) is 3. The maximum Gasteiger partial charge on any atom is 0.306 e. The molecule has 0 aliphatic carbocycles. The topological polar surface area (TPSA) is 78.9 Å². The molecule has 2 atom stereocenters. The van der Waals surface area contributed by atoms with Crippen LogP contribution in [0.25, 0.3) is 0 Å². The van der Waals surface area contributed by atoms with Crippen molar-refractivity contribution in [1.29, 1.82) is 0 Å². The van der Waals surface area contributed by atoms with Crippen molar-refractivity contribution in [2.75, 3.05) is 13.2 Å². The first-order valence-corrected chi connectivity index (χ1v) is 32.3. The lowest BCUT2D eigenvalue weighted by atomic mass is 9.99. The first-order chi connectivity index (χ1) is 34.8. The van der Waals surface area contributed by atoms with E-state index in [-0.39, 0.29) is 31.1 Å². The molecule has 0 aromatic heterocycles. The van der Waals surface area contributed by atoms with Crippen molar-refractivity contribution in [3.63, 3.8) is 0 Å². The Kier molecular flexibility index (Phi) is 56.4. The van der Waals surface area contributed by atoms with Crippen LogP contribution in [-0.2, 0) is 28.6 Å². The average Bonchev–Trinajstić information content (AvgIpc) is 3.36. The molecule has 0 saturated heterocycles. The van der Waals surface area contributed by atoms with Gasteiger partial charge < -0.3 is 14.2 Å². The van der Waals surface area contributed by atoms with E-state index >= 15 is 0 Å². The van der Waals surface area contributed by atoms with Crippen LogP contribution in [-0.4, -0.2) is 37.2 Å². The van der Waals surface area contributed by atoms with Gasteiger partial charge in [-0.05, 0) is 31.1 Å². The highest BCUT2D eigenvalue weighted by Crippen LogP contribution is 2.19. The molecule has 0 N–H and O–H groups in total. The molecule has 0 saturated carbocycles. The maximum atomic E-state index is 12.9. The third kappa shape index (κ3) is 57.5. The van der Waals surface area contributed by atoms with Crippen LogP contribution in [0.2, 0.25) is 0 Å². The van der Waals surface area contributed by atoms with Gasteiger partial charge >= 0.3 is 17.9 Å². The normalized spacial score (nSPS) is 12.4. The highest BCUT2D eigenvalue weighted by Gasteiger charge is 2.19. The van der Waals surface area contributed by atoms with Gasteiger partial charge in [0.15, 0.2) is 6.10 Å². The zero-order chi connectivity index (χ0) is 51.8. The average molecular weight is 1000 g/mol. The number of carbonyl (C=O) groups excluding carboxylic acids is 3. The quantitative estimate of drug-likeness (QED) is 0.0343. The minimum absolute atomic E-state index is 0.0618. The van der Waals surface area contributed by atoms with Gasteiger partial charge in [-0.25, -0.2) is 0 Å². The Balaban J connectivity index is 4.30. The Morgan fingerprint density at radius 1 is 0.296 bits per heavy atom. The molecule has 0 bridgehead atoms. The van der Waals surface area contributed by atoms with Gasteiger partial charge in [0.1, 0.15) is 13.2 Å². The van der Waals surface area contributed by atoms with E-state index in [1.54, 1.807) is 0 Å². The van der Waals surface area contributed by atoms with E-state index in [1.807, 2.05) is 0 Å². The van der Waals surface area contributed by atoms with Crippen LogP contribution in [0.1, 0.15) is 369 Å². The summed E-state index contributed by atoms with van der Waals surface area (Å²) in [4.78, 5) is 38.3. The van der Waals surface area contributed by atoms with Gasteiger partial charge in [0.05, 0.1) is 0 Å². The monoisotopic (exact) mass is 1000 g/mol. The molecule has 422 valence electrons. The molecule has 0 aromatic rings. The fourth-order valence-corrected chi connectivity index (χ4v) is 10.1. The van der Waals surface area contributed by atoms with Gasteiger partial charge in [0.2, 0.25) is 0 Å². The second-order valence-corrected chi connectivity index (χ2v) is 23.1. The van der Waals surface area contributed by atoms with E-state index in [1.165, 1.54) is 257 Å². The van der Waals surface area contributed by atoms with E-state index in [0.29, 0.717) is 19.3 Å². The van der Waals surface area contributed by atoms with Gasteiger partial charge in [-0.1, -0.05) is 330 Å². The van der Waals surface area contributed by atoms with Gasteiger partial charge in [0, 0.05) is 19.3 Å². The van der Waals surface area contributed by atoms with Crippen molar-refractivity contribution in [3.8, 4) is 0 Å². The van der Waals surface area contributed by atoms with Crippen LogP contribution in [0.15, 0.2) is 0 Å². The molecule has 0 rings (SSSR count). The number of hydrogen-bond acceptors (Lipinski definition) is 6. The highest BCUT2D eigenvalue weighted by atomic mass is 16.6. The molecule has 1 unspecified atom stereocenters. The van der Waals surface area contributed by atoms with Crippen LogP contribution in [0, 0.1) is 11.8 Å². The zero-order valence-electron chi connectivity index (χ0n) is 48.9. The molecule has 6 nitrogen and oxygen atoms in total. The molecular formula is C65H126O6. The molecule has 6 heteroatoms. The minimum atomic E-state index is -0.764. The first kappa shape index (κ1) is 69.4. The molecule has 0 radical (unpaired) electrons. The molecule has 0 aromatic carbocycles. The van der Waals surface area contributed by atoms with Crippen molar-refractivity contribution < 1.29 is 28.6 Å². The molecule has 71 heavy (non-hydrogen) atoms. The predicted octanol–water partition coefficient (Wildman–Crippen LogP) is 21.6. The van der Waals surface area contributed by atoms with Crippen molar-refractivity contribution >= 4 is 17.9 Å². The van der Waals surface area contributed by atoms with Gasteiger partial charge in [-0.15, -0.1) is 0 Å². The van der Waals surface area contributed by atoms with Gasteiger partial charge in [-0.3, -0.25) is 14.4 Å². The summed E-state index contributed by atoms with van der Waals surface area (Å²) in [5.74, 6) is 0.910. The number of esters is 3. The molecule has 0 spiro atoms. The Labute approximate surface area is 444 Å². The van der Waals surface area contributed by atoms with Gasteiger partial charge in [0.25, 0.3) is 0 Å². The number of carbonyl (C=O) groups is 3. The van der Waals surface area contributed by atoms with E-state index in [4.69, 9.17) is 14.2 Å². The van der Waals surface area contributed by atoms with Crippen molar-refractivity contribution in [2.24, 2.45) is 11.8 Å². The number of hydrogen-bond donors (Lipinski definition) is 0. The molecular weight excluding hydrogens is 877 g/mol. The van der Waals surface area contributed by atoms with Crippen molar-refractivity contribution in [3.05, 3.63) is 0 Å². The Morgan fingerprint density at radius 2 is 0.535 bits per heavy atom. The summed E-state index contributed by atoms with van der Waals surface area (Å²) in [6.07, 6.45) is 63.8. The summed E-state index contributed by atoms with van der Waals surface area (Å²) in [6, 6.07) is 0. The standard InChI is InChI=1S/C65H126O6/c1-6-8-9-10-11-12-13-14-15-16-17-18-27-32-37-42-47-52-57-65(68)71-62(58-69-63(66)55-50-45-40-35-30-25-21-19-23-28-33-38-43-48-53-60(3)4)59-70-64(67)56-51-46-41-36-31-26-22-20-24-29-34-39-44-49-54-61(5)7-2/h60-62H,6-59H2,1-5H3/t61?,62-/m0/s1. The summed E-state index contributed by atoms with van der Waals surface area (Å²) in [5.41, 5.74) is 0. The lowest BCUT2D eigenvalue weighted by Gasteiger charge is -2.18. The Bertz CT molecular complexity index is 1090. The molecule has 0 amide bonds. The summed E-state index contributed by atoms with van der Waals surface area (Å²) in [6.45, 7) is 11.5. The summed E-state index contributed by atoms with van der Waals surface area (Å²) in [5, 5.41) is 0. The number of unbranched alkanes of at least 4 members (excludes halogenated alkanes) is 43. The fourth-order valence-electron chi connectivity index (χ4n) is 10.1. The fraction of sp³-hybridized carbons (Fsp3) is 0.954. The Hall–Kier alpha value is -1.59. The summed E-state index contributed by atoms with van der Waals surface area (Å²) >= 11 is 0. The van der Waals surface area contributed by atoms with E-state index in [0.717, 1.165) is 69.6 Å². The van der Waals surface area contributed by atoms with Crippen molar-refractivity contribution in [1.82, 2.24) is 0 Å². The first-order valence-electron chi connectivity index (χ1n) is 32.3. The van der Waals surface area contributed by atoms with Gasteiger partial charge in [-0.2, -0.15) is 0 Å². The van der Waals surface area contributed by atoms with Crippen LogP contribution in [0.3, 0.4) is 0 Å². The van der Waals surface area contributed by atoms with Crippen LogP contribution >= 0.6 is 0 Å². The molecule has 0 aliphatic heterocycles. The molecule has 0 aliphatic rings. The maximum absolute atomic E-state index is 12.9. The second-order valence-electron chi connectivity index (χ2n) is 23.1. The molecule has 0 fully saturated rings. The summed E-state index contributed by atoms with van der Waals surface area (Å²) < 4.78 is 17.0. The third-order valence-corrected chi connectivity index (χ3v) is 15.3. The lowest BCUT2D eigenvalue weighted by molar-refractivity contribution is -0.167.